The Morgan fingerprint density at radius 1 is 1.16 bits per heavy atom. The number of nitrogens with zero attached hydrogens (tertiary/aromatic N) is 1. The van der Waals surface area contributed by atoms with Crippen molar-refractivity contribution >= 4 is 11.8 Å². The Kier molecular flexibility index (Phi) is 6.21. The molecule has 0 spiro atoms. The van der Waals surface area contributed by atoms with E-state index < -0.39 is 0 Å². The Balaban J connectivity index is 1.97. The quantitative estimate of drug-likeness (QED) is 0.806. The highest BCUT2D eigenvalue weighted by molar-refractivity contribution is 7.98. The minimum atomic E-state index is 0.263. The molecular formula is C16H25NOS. The van der Waals surface area contributed by atoms with E-state index in [4.69, 9.17) is 0 Å². The van der Waals surface area contributed by atoms with Crippen molar-refractivity contribution in [3.63, 3.8) is 0 Å². The predicted octanol–water partition coefficient (Wildman–Crippen LogP) is 3.54. The van der Waals surface area contributed by atoms with Crippen LogP contribution in [0.1, 0.15) is 37.7 Å². The topological polar surface area (TPSA) is 23.5 Å². The zero-order valence-electron chi connectivity index (χ0n) is 11.8. The van der Waals surface area contributed by atoms with Crippen molar-refractivity contribution in [3.05, 3.63) is 29.8 Å². The van der Waals surface area contributed by atoms with Crippen molar-refractivity contribution < 1.29 is 5.11 Å². The van der Waals surface area contributed by atoms with E-state index in [1.807, 2.05) is 0 Å². The molecule has 0 unspecified atom stereocenters. The van der Waals surface area contributed by atoms with Gasteiger partial charge in [-0.15, -0.1) is 11.8 Å². The SMILES string of the molecule is CSc1ccc(CN(CCO)C2CCCCC2)cc1. The van der Waals surface area contributed by atoms with E-state index in [0.717, 1.165) is 13.1 Å². The van der Waals surface area contributed by atoms with E-state index >= 15 is 0 Å². The van der Waals surface area contributed by atoms with Gasteiger partial charge in [0.25, 0.3) is 0 Å². The van der Waals surface area contributed by atoms with Crippen molar-refractivity contribution in [3.8, 4) is 0 Å². The van der Waals surface area contributed by atoms with Crippen molar-refractivity contribution in [2.45, 2.75) is 49.6 Å². The molecule has 0 radical (unpaired) electrons. The number of aliphatic hydroxyl groups excluding tert-OH is 1. The lowest BCUT2D eigenvalue weighted by Gasteiger charge is -2.34. The Bertz CT molecular complexity index is 360. The monoisotopic (exact) mass is 279 g/mol. The molecule has 2 rings (SSSR count). The summed E-state index contributed by atoms with van der Waals surface area (Å²) in [6.45, 7) is 2.04. The van der Waals surface area contributed by atoms with E-state index in [1.54, 1.807) is 11.8 Å². The third-order valence-electron chi connectivity index (χ3n) is 4.02. The van der Waals surface area contributed by atoms with Crippen LogP contribution in [-0.2, 0) is 6.54 Å². The van der Waals surface area contributed by atoms with E-state index in [-0.39, 0.29) is 6.61 Å². The molecule has 3 heteroatoms. The minimum Gasteiger partial charge on any atom is -0.395 e. The summed E-state index contributed by atoms with van der Waals surface area (Å²) in [6, 6.07) is 9.50. The average molecular weight is 279 g/mol. The third-order valence-corrected chi connectivity index (χ3v) is 4.77. The summed E-state index contributed by atoms with van der Waals surface area (Å²) in [6.07, 6.45) is 8.77. The Hall–Kier alpha value is -0.510. The number of benzene rings is 1. The summed E-state index contributed by atoms with van der Waals surface area (Å²) in [4.78, 5) is 3.78. The summed E-state index contributed by atoms with van der Waals surface area (Å²) in [5, 5.41) is 9.28. The van der Waals surface area contributed by atoms with Crippen molar-refractivity contribution in [2.75, 3.05) is 19.4 Å². The smallest absolute Gasteiger partial charge is 0.0558 e. The van der Waals surface area contributed by atoms with Gasteiger partial charge in [0, 0.05) is 24.0 Å². The minimum absolute atomic E-state index is 0.263. The van der Waals surface area contributed by atoms with Gasteiger partial charge in [0.2, 0.25) is 0 Å². The van der Waals surface area contributed by atoms with Gasteiger partial charge in [-0.2, -0.15) is 0 Å². The fourth-order valence-electron chi connectivity index (χ4n) is 2.93. The molecule has 19 heavy (non-hydrogen) atoms. The second kappa shape index (κ2) is 7.93. The maximum Gasteiger partial charge on any atom is 0.0558 e. The first-order chi connectivity index (χ1) is 9.33. The zero-order valence-corrected chi connectivity index (χ0v) is 12.7. The molecule has 1 N–H and O–H groups in total. The molecule has 106 valence electrons. The van der Waals surface area contributed by atoms with E-state index in [0.29, 0.717) is 6.04 Å². The summed E-state index contributed by atoms with van der Waals surface area (Å²) in [7, 11) is 0. The standard InChI is InChI=1S/C16H25NOS/c1-19-16-9-7-14(8-10-16)13-17(11-12-18)15-5-3-2-4-6-15/h7-10,15,18H,2-6,11-13H2,1H3. The molecule has 1 saturated carbocycles. The predicted molar refractivity (Wildman–Crippen MR) is 82.6 cm³/mol. The van der Waals surface area contributed by atoms with Crippen LogP contribution in [0.2, 0.25) is 0 Å². The number of thioether (sulfide) groups is 1. The first-order valence-corrected chi connectivity index (χ1v) is 8.54. The van der Waals surface area contributed by atoms with Gasteiger partial charge in [0.15, 0.2) is 0 Å². The average Bonchev–Trinajstić information content (AvgIpc) is 2.48. The molecule has 0 aliphatic heterocycles. The number of hydrogen-bond acceptors (Lipinski definition) is 3. The van der Waals surface area contributed by atoms with Gasteiger partial charge >= 0.3 is 0 Å². The number of rotatable bonds is 6. The lowest BCUT2D eigenvalue weighted by Crippen LogP contribution is -2.38. The largest absolute Gasteiger partial charge is 0.395 e. The summed E-state index contributed by atoms with van der Waals surface area (Å²) >= 11 is 1.78. The fraction of sp³-hybridized carbons (Fsp3) is 0.625. The molecule has 1 aliphatic rings. The molecule has 2 nitrogen and oxygen atoms in total. The second-order valence-corrected chi connectivity index (χ2v) is 6.21. The van der Waals surface area contributed by atoms with Gasteiger partial charge in [-0.3, -0.25) is 4.90 Å². The summed E-state index contributed by atoms with van der Waals surface area (Å²) in [5.41, 5.74) is 1.36. The molecule has 1 aliphatic carbocycles. The molecular weight excluding hydrogens is 254 g/mol. The van der Waals surface area contributed by atoms with Gasteiger partial charge in [-0.05, 0) is 36.8 Å². The fourth-order valence-corrected chi connectivity index (χ4v) is 3.34. The molecule has 1 fully saturated rings. The van der Waals surface area contributed by atoms with Crippen molar-refractivity contribution in [1.82, 2.24) is 4.90 Å². The molecule has 0 heterocycles. The number of hydrogen-bond donors (Lipinski definition) is 1. The summed E-state index contributed by atoms with van der Waals surface area (Å²) < 4.78 is 0. The second-order valence-electron chi connectivity index (χ2n) is 5.33. The first kappa shape index (κ1) is 14.9. The van der Waals surface area contributed by atoms with Gasteiger partial charge in [-0.25, -0.2) is 0 Å². The first-order valence-electron chi connectivity index (χ1n) is 7.31. The molecule has 0 saturated heterocycles. The lowest BCUT2D eigenvalue weighted by molar-refractivity contribution is 0.117. The maximum absolute atomic E-state index is 9.28. The molecule has 0 atom stereocenters. The van der Waals surface area contributed by atoms with Crippen LogP contribution < -0.4 is 0 Å². The lowest BCUT2D eigenvalue weighted by atomic mass is 9.94. The summed E-state index contributed by atoms with van der Waals surface area (Å²) in [5.74, 6) is 0. The third kappa shape index (κ3) is 4.51. The van der Waals surface area contributed by atoms with Gasteiger partial charge in [0.1, 0.15) is 0 Å². The highest BCUT2D eigenvalue weighted by Gasteiger charge is 2.20. The molecule has 1 aromatic rings. The maximum atomic E-state index is 9.28. The van der Waals surface area contributed by atoms with Gasteiger partial charge < -0.3 is 5.11 Å². The highest BCUT2D eigenvalue weighted by Crippen LogP contribution is 2.24. The Morgan fingerprint density at radius 2 is 1.84 bits per heavy atom. The normalized spacial score (nSPS) is 17.0. The van der Waals surface area contributed by atoms with Crippen LogP contribution in [0.3, 0.4) is 0 Å². The molecule has 0 amide bonds. The van der Waals surface area contributed by atoms with Crippen LogP contribution in [0.5, 0.6) is 0 Å². The van der Waals surface area contributed by atoms with Crippen LogP contribution in [0.15, 0.2) is 29.2 Å². The molecule has 0 bridgehead atoms. The van der Waals surface area contributed by atoms with Gasteiger partial charge in [-0.1, -0.05) is 31.4 Å². The van der Waals surface area contributed by atoms with Crippen molar-refractivity contribution in [2.24, 2.45) is 0 Å². The van der Waals surface area contributed by atoms with E-state index in [2.05, 4.69) is 35.4 Å². The van der Waals surface area contributed by atoms with Crippen LogP contribution in [0, 0.1) is 0 Å². The number of aliphatic hydroxyl groups is 1. The highest BCUT2D eigenvalue weighted by atomic mass is 32.2. The Morgan fingerprint density at radius 3 is 2.42 bits per heavy atom. The van der Waals surface area contributed by atoms with Gasteiger partial charge in [0.05, 0.1) is 6.61 Å². The zero-order chi connectivity index (χ0) is 13.5. The molecule has 1 aromatic carbocycles. The Labute approximate surface area is 121 Å². The van der Waals surface area contributed by atoms with E-state index in [9.17, 15) is 5.11 Å². The van der Waals surface area contributed by atoms with Crippen LogP contribution in [0.4, 0.5) is 0 Å². The molecule has 0 aromatic heterocycles. The van der Waals surface area contributed by atoms with Crippen LogP contribution in [-0.4, -0.2) is 35.5 Å². The van der Waals surface area contributed by atoms with E-state index in [1.165, 1.54) is 42.6 Å². The van der Waals surface area contributed by atoms with Crippen molar-refractivity contribution in [1.29, 1.82) is 0 Å². The van der Waals surface area contributed by atoms with Crippen LogP contribution in [0.25, 0.3) is 0 Å². The van der Waals surface area contributed by atoms with Crippen LogP contribution >= 0.6 is 11.8 Å².